The first-order valence-corrected chi connectivity index (χ1v) is 8.23. The quantitative estimate of drug-likeness (QED) is 0.418. The van der Waals surface area contributed by atoms with Crippen LogP contribution >= 0.6 is 0 Å². The van der Waals surface area contributed by atoms with Crippen molar-refractivity contribution in [2.75, 3.05) is 6.54 Å². The number of furan rings is 1. The van der Waals surface area contributed by atoms with E-state index in [0.717, 1.165) is 0 Å². The Bertz CT molecular complexity index is 796. The van der Waals surface area contributed by atoms with E-state index in [0.29, 0.717) is 17.2 Å². The topological polar surface area (TPSA) is 126 Å². The number of esters is 1. The number of nitro groups is 1. The molecule has 1 aliphatic rings. The number of ketones is 1. The van der Waals surface area contributed by atoms with E-state index in [1.807, 2.05) is 0 Å². The van der Waals surface area contributed by atoms with Crippen LogP contribution in [0.25, 0.3) is 11.5 Å². The van der Waals surface area contributed by atoms with E-state index in [9.17, 15) is 19.7 Å². The van der Waals surface area contributed by atoms with Crippen LogP contribution in [0.5, 0.6) is 0 Å². The maximum absolute atomic E-state index is 12.1. The number of rotatable bonds is 7. The third-order valence-electron chi connectivity index (χ3n) is 4.63. The molecule has 1 aliphatic carbocycles. The highest BCUT2D eigenvalue weighted by Gasteiger charge is 2.44. The largest absolute Gasteiger partial charge is 0.461 e. The van der Waals surface area contributed by atoms with Crippen LogP contribution in [-0.4, -0.2) is 28.4 Å². The molecule has 0 amide bonds. The van der Waals surface area contributed by atoms with Gasteiger partial charge in [-0.25, -0.2) is 0 Å². The number of carbonyl (C=O) groups excluding carboxylic acids is 2. The molecule has 1 fully saturated rings. The smallest absolute Gasteiger partial charge is 0.306 e. The molecule has 0 N–H and O–H groups in total. The van der Waals surface area contributed by atoms with Gasteiger partial charge in [-0.2, -0.15) is 0 Å². The van der Waals surface area contributed by atoms with Crippen molar-refractivity contribution in [2.24, 2.45) is 17.8 Å². The zero-order valence-electron chi connectivity index (χ0n) is 14.1. The molecular weight excluding hydrogens is 344 g/mol. The van der Waals surface area contributed by atoms with Crippen LogP contribution in [0.3, 0.4) is 0 Å². The van der Waals surface area contributed by atoms with Crippen molar-refractivity contribution in [1.82, 2.24) is 5.16 Å². The standard InChI is InChI=1S/C17H18N2O7/c1-10-5-14(20)12(13(10)8-19(22)23)7-17(21)25-9-11-6-16(26-18-11)15-3-2-4-24-15/h2-4,6,10,12-13H,5,7-9H2,1H3/t10-,12+,13+/m0/s1. The number of hydrogen-bond donors (Lipinski definition) is 0. The molecule has 0 aromatic carbocycles. The number of carbonyl (C=O) groups is 2. The average Bonchev–Trinajstić information content (AvgIpc) is 3.29. The summed E-state index contributed by atoms with van der Waals surface area (Å²) in [4.78, 5) is 34.5. The summed E-state index contributed by atoms with van der Waals surface area (Å²) in [6.45, 7) is 1.36. The number of ether oxygens (including phenoxy) is 1. The molecule has 0 unspecified atom stereocenters. The normalized spacial score (nSPS) is 22.5. The molecule has 26 heavy (non-hydrogen) atoms. The van der Waals surface area contributed by atoms with Gasteiger partial charge in [-0.1, -0.05) is 12.1 Å². The molecule has 0 spiro atoms. The minimum Gasteiger partial charge on any atom is -0.461 e. The van der Waals surface area contributed by atoms with E-state index in [4.69, 9.17) is 13.7 Å². The summed E-state index contributed by atoms with van der Waals surface area (Å²) in [5.74, 6) is -1.02. The zero-order chi connectivity index (χ0) is 18.7. The molecular formula is C17H18N2O7. The zero-order valence-corrected chi connectivity index (χ0v) is 14.1. The SMILES string of the molecule is C[C@H]1CC(=O)[C@H](CC(=O)OCc2cc(-c3ccco3)on2)[C@@H]1C[N+](=O)[O-]. The molecule has 2 heterocycles. The molecule has 2 aromatic rings. The molecule has 0 aliphatic heterocycles. The summed E-state index contributed by atoms with van der Waals surface area (Å²) in [5, 5.41) is 14.6. The fraction of sp³-hybridized carbons (Fsp3) is 0.471. The van der Waals surface area contributed by atoms with E-state index in [-0.39, 0.29) is 37.7 Å². The van der Waals surface area contributed by atoms with Gasteiger partial charge in [0.2, 0.25) is 12.3 Å². The lowest BCUT2D eigenvalue weighted by atomic mass is 9.88. The van der Waals surface area contributed by atoms with Crippen LogP contribution in [0.2, 0.25) is 0 Å². The monoisotopic (exact) mass is 362 g/mol. The van der Waals surface area contributed by atoms with Gasteiger partial charge in [0.25, 0.3) is 0 Å². The summed E-state index contributed by atoms with van der Waals surface area (Å²) in [6, 6.07) is 5.00. The molecule has 3 atom stereocenters. The van der Waals surface area contributed by atoms with Crippen molar-refractivity contribution >= 4 is 11.8 Å². The molecule has 9 nitrogen and oxygen atoms in total. The Hall–Kier alpha value is -2.97. The third-order valence-corrected chi connectivity index (χ3v) is 4.63. The van der Waals surface area contributed by atoms with Crippen LogP contribution in [0.15, 0.2) is 33.4 Å². The maximum Gasteiger partial charge on any atom is 0.306 e. The van der Waals surface area contributed by atoms with Crippen LogP contribution in [0, 0.1) is 27.9 Å². The first kappa shape index (κ1) is 17.8. The van der Waals surface area contributed by atoms with Gasteiger partial charge in [0, 0.05) is 29.2 Å². The second-order valence-electron chi connectivity index (χ2n) is 6.46. The number of hydrogen-bond acceptors (Lipinski definition) is 8. The molecule has 0 radical (unpaired) electrons. The highest BCUT2D eigenvalue weighted by atomic mass is 16.6. The van der Waals surface area contributed by atoms with Gasteiger partial charge >= 0.3 is 5.97 Å². The van der Waals surface area contributed by atoms with Gasteiger partial charge in [0.1, 0.15) is 18.1 Å². The second kappa shape index (κ2) is 7.51. The molecule has 3 rings (SSSR count). The first-order chi connectivity index (χ1) is 12.4. The predicted octanol–water partition coefficient (Wildman–Crippen LogP) is 2.49. The summed E-state index contributed by atoms with van der Waals surface area (Å²) in [7, 11) is 0. The fourth-order valence-corrected chi connectivity index (χ4v) is 3.31. The van der Waals surface area contributed by atoms with E-state index >= 15 is 0 Å². The van der Waals surface area contributed by atoms with E-state index < -0.39 is 22.7 Å². The third kappa shape index (κ3) is 3.98. The van der Waals surface area contributed by atoms with Crippen LogP contribution in [0.1, 0.15) is 25.5 Å². The lowest BCUT2D eigenvalue weighted by molar-refractivity contribution is -0.490. The fourth-order valence-electron chi connectivity index (χ4n) is 3.31. The van der Waals surface area contributed by atoms with Crippen molar-refractivity contribution < 1.29 is 28.2 Å². The number of Topliss-reactive ketones (excluding diaryl/α,β-unsaturated/α-hetero) is 1. The van der Waals surface area contributed by atoms with Crippen LogP contribution < -0.4 is 0 Å². The van der Waals surface area contributed by atoms with Gasteiger partial charge in [-0.05, 0) is 18.1 Å². The Balaban J connectivity index is 1.55. The lowest BCUT2D eigenvalue weighted by Crippen LogP contribution is -2.27. The molecule has 2 aromatic heterocycles. The number of nitrogens with zero attached hydrogens (tertiary/aromatic N) is 2. The van der Waals surface area contributed by atoms with E-state index in [1.165, 1.54) is 6.26 Å². The Labute approximate surface area is 148 Å². The van der Waals surface area contributed by atoms with Gasteiger partial charge in [-0.15, -0.1) is 0 Å². The van der Waals surface area contributed by atoms with E-state index in [1.54, 1.807) is 25.1 Å². The van der Waals surface area contributed by atoms with Crippen molar-refractivity contribution in [2.45, 2.75) is 26.4 Å². The van der Waals surface area contributed by atoms with Crippen molar-refractivity contribution in [3.8, 4) is 11.5 Å². The van der Waals surface area contributed by atoms with E-state index in [2.05, 4.69) is 5.16 Å². The molecule has 0 saturated heterocycles. The van der Waals surface area contributed by atoms with Crippen molar-refractivity contribution in [3.05, 3.63) is 40.3 Å². The summed E-state index contributed by atoms with van der Waals surface area (Å²) in [6.07, 6.45) is 1.59. The van der Waals surface area contributed by atoms with Crippen LogP contribution in [0.4, 0.5) is 0 Å². The van der Waals surface area contributed by atoms with Crippen LogP contribution in [-0.2, 0) is 20.9 Å². The lowest BCUT2D eigenvalue weighted by Gasteiger charge is -2.16. The Morgan fingerprint density at radius 1 is 1.46 bits per heavy atom. The summed E-state index contributed by atoms with van der Waals surface area (Å²) in [5.41, 5.74) is 0.401. The number of aromatic nitrogens is 1. The molecule has 9 heteroatoms. The average molecular weight is 362 g/mol. The summed E-state index contributed by atoms with van der Waals surface area (Å²) >= 11 is 0. The minimum absolute atomic E-state index is 0.112. The minimum atomic E-state index is -0.668. The van der Waals surface area contributed by atoms with Crippen molar-refractivity contribution in [3.63, 3.8) is 0 Å². The predicted molar refractivity (Wildman–Crippen MR) is 86.2 cm³/mol. The molecule has 0 bridgehead atoms. The maximum atomic E-state index is 12.1. The summed E-state index contributed by atoms with van der Waals surface area (Å²) < 4.78 is 15.4. The Morgan fingerprint density at radius 3 is 2.96 bits per heavy atom. The highest BCUT2D eigenvalue weighted by molar-refractivity contribution is 5.87. The molecule has 138 valence electrons. The highest BCUT2D eigenvalue weighted by Crippen LogP contribution is 2.36. The van der Waals surface area contributed by atoms with Gasteiger partial charge in [0.15, 0.2) is 5.76 Å². The van der Waals surface area contributed by atoms with Gasteiger partial charge in [-0.3, -0.25) is 19.7 Å². The molecule has 1 saturated carbocycles. The first-order valence-electron chi connectivity index (χ1n) is 8.23. The van der Waals surface area contributed by atoms with Crippen molar-refractivity contribution in [1.29, 1.82) is 0 Å². The second-order valence-corrected chi connectivity index (χ2v) is 6.46. The van der Waals surface area contributed by atoms with Gasteiger partial charge < -0.3 is 13.7 Å². The Kier molecular flexibility index (Phi) is 5.15. The Morgan fingerprint density at radius 2 is 2.27 bits per heavy atom. The van der Waals surface area contributed by atoms with Gasteiger partial charge in [0.05, 0.1) is 12.7 Å².